The van der Waals surface area contributed by atoms with Gasteiger partial charge in [-0.05, 0) is 340 Å². The van der Waals surface area contributed by atoms with Crippen LogP contribution in [0.5, 0.6) is 11.5 Å². The van der Waals surface area contributed by atoms with Gasteiger partial charge in [-0.1, -0.05) is 181 Å². The van der Waals surface area contributed by atoms with Crippen molar-refractivity contribution in [2.45, 2.75) is 236 Å². The highest BCUT2D eigenvalue weighted by molar-refractivity contribution is 7.99. The van der Waals surface area contributed by atoms with Crippen LogP contribution < -0.4 is 9.47 Å². The molecular formula is C105H128Cl3F4N5O7S5. The van der Waals surface area contributed by atoms with Crippen LogP contribution in [-0.2, 0) is 80.6 Å². The first kappa shape index (κ1) is 102. The van der Waals surface area contributed by atoms with Crippen molar-refractivity contribution in [3.63, 3.8) is 0 Å². The average molecular weight is 1910 g/mol. The van der Waals surface area contributed by atoms with Crippen LogP contribution in [0.15, 0.2) is 255 Å². The van der Waals surface area contributed by atoms with Gasteiger partial charge in [0.05, 0.1) is 62.8 Å². The molecule has 5 aliphatic heterocycles. The second-order valence-corrected chi connectivity index (χ2v) is 46.9. The third kappa shape index (κ3) is 28.4. The van der Waals surface area contributed by atoms with Gasteiger partial charge < -0.3 is 9.47 Å². The Hall–Kier alpha value is -7.71. The summed E-state index contributed by atoms with van der Waals surface area (Å²) in [7, 11) is -9.44. The number of methoxy groups -OCH3 is 2. The molecule has 5 fully saturated rings. The van der Waals surface area contributed by atoms with Gasteiger partial charge in [-0.2, -0.15) is 0 Å². The smallest absolute Gasteiger partial charge is 0.127 e. The predicted molar refractivity (Wildman–Crippen MR) is 538 cm³/mol. The Bertz CT molecular complexity index is 5860. The Morgan fingerprint density at radius 3 is 0.791 bits per heavy atom. The van der Waals surface area contributed by atoms with Crippen molar-refractivity contribution >= 4 is 113 Å². The number of rotatable bonds is 27. The largest absolute Gasteiger partial charge is 0.497 e. The minimum Gasteiger partial charge on any atom is -0.497 e. The highest BCUT2D eigenvalue weighted by Crippen LogP contribution is 2.37. The molecule has 10 aromatic rings. The lowest BCUT2D eigenvalue weighted by Crippen LogP contribution is -2.43. The quantitative estimate of drug-likeness (QED) is 0.0371. The molecule has 10 atom stereocenters. The van der Waals surface area contributed by atoms with Crippen LogP contribution in [-0.4, -0.2) is 149 Å². The third-order valence-corrected chi connectivity index (χ3v) is 37.3. The topological polar surface area (TPSA) is 120 Å². The van der Waals surface area contributed by atoms with Crippen molar-refractivity contribution in [3.05, 3.63) is 313 Å². The molecule has 0 radical (unpaired) electrons. The molecule has 694 valence electrons. The molecule has 12 nitrogen and oxygen atoms in total. The second-order valence-electron chi connectivity index (χ2n) is 34.5. The van der Waals surface area contributed by atoms with Crippen LogP contribution in [0.1, 0.15) is 173 Å². The van der Waals surface area contributed by atoms with Crippen LogP contribution in [0, 0.1) is 44.0 Å². The molecule has 0 aromatic heterocycles. The summed E-state index contributed by atoms with van der Waals surface area (Å²) in [6, 6.07) is 70.7. The summed E-state index contributed by atoms with van der Waals surface area (Å²) in [4.78, 5) is 3.65. The Labute approximate surface area is 783 Å². The Morgan fingerprint density at radius 1 is 0.302 bits per heavy atom. The summed E-state index contributed by atoms with van der Waals surface area (Å²) in [5, 5.41) is 1.18. The van der Waals surface area contributed by atoms with Gasteiger partial charge in [0.2, 0.25) is 0 Å². The van der Waals surface area contributed by atoms with Crippen molar-refractivity contribution in [2.24, 2.45) is 0 Å². The van der Waals surface area contributed by atoms with E-state index in [4.69, 9.17) is 44.3 Å². The van der Waals surface area contributed by atoms with E-state index in [1.807, 2.05) is 116 Å². The maximum atomic E-state index is 14.1. The first-order chi connectivity index (χ1) is 61.7. The molecule has 0 N–H and O–H groups in total. The summed E-state index contributed by atoms with van der Waals surface area (Å²) in [5.74, 6) is 20.7. The number of ether oxygens (including phenoxy) is 2. The Balaban J connectivity index is 0.000000156. The number of nitrogens with zero attached hydrogens (tertiary/aromatic N) is 5. The zero-order valence-electron chi connectivity index (χ0n) is 75.4. The van der Waals surface area contributed by atoms with Gasteiger partial charge in [-0.3, -0.25) is 0 Å². The monoisotopic (exact) mass is 1910 g/mol. The Morgan fingerprint density at radius 2 is 0.535 bits per heavy atom. The summed E-state index contributed by atoms with van der Waals surface area (Å²) in [5.41, 5.74) is 8.39. The van der Waals surface area contributed by atoms with Crippen LogP contribution in [0.2, 0.25) is 15.1 Å². The molecule has 5 saturated heterocycles. The normalized spacial score (nSPS) is 20.6. The van der Waals surface area contributed by atoms with Crippen molar-refractivity contribution < 1.29 is 48.1 Å². The van der Waals surface area contributed by atoms with Crippen LogP contribution in [0.4, 0.5) is 17.6 Å². The highest BCUT2D eigenvalue weighted by atomic mass is 35.5. The standard InChI is InChI=1S/C22H29NO2S.C22H29NOS.C21H25ClFNO2S.C20H22ClF2NOS.C20H23ClFNOS/c1-18-7-9-19(10-8-18)11-12-20-6-4-5-17-23(20)26(3,24)22-15-13-21(25-2)14-16-22;1-18-7-11-20(12-8-18)13-14-21-6-4-5-17-23(21)25(3,24)22-15-9-19(2)10-16-22;1-26-19-10-12-20(13-11-19)27(2,25)24-14-4-3-5-18(24)9-7-16-6-8-17(22)15-21(16)23;1-26(25,19-11-8-17(22)9-12-19)24-13-3-2-4-18(24)10-6-15-5-7-16(21)14-20(15)23;1-25(24,19-8-3-2-4-9-19)23-14-6-5-7-18(23)13-11-16-10-12-17(21)15-20(16)22/h7-10,13-16,20H,3-6,11-12,17H2,1-2H3;7-12,15-16,21H,3-6,13-14,17H2,1-2H3;6,8,10-13,15,18H,2-5,7,9,14H2,1H3;5,7-9,11-12,14,18H,1-4,6,10,13H2;2-4,8-10,12,15,18H,1,5-7,11,13-14H2. The van der Waals surface area contributed by atoms with Crippen molar-refractivity contribution in [1.82, 2.24) is 21.5 Å². The molecule has 0 saturated carbocycles. The number of piperidine rings is 5. The first-order valence-electron chi connectivity index (χ1n) is 45.0. The number of aryl methyl sites for hydroxylation is 8. The zero-order valence-corrected chi connectivity index (χ0v) is 81.7. The van der Waals surface area contributed by atoms with E-state index in [0.717, 1.165) is 174 Å². The van der Waals surface area contributed by atoms with E-state index in [0.29, 0.717) is 85.9 Å². The third-order valence-electron chi connectivity index (χ3n) is 25.4. The maximum absolute atomic E-state index is 14.1. The van der Waals surface area contributed by atoms with Gasteiger partial charge in [0.15, 0.2) is 0 Å². The molecule has 24 heteroatoms. The maximum Gasteiger partial charge on any atom is 0.127 e. The zero-order chi connectivity index (χ0) is 92.5. The fraction of sp³-hybridized carbons (Fsp3) is 0.381. The van der Waals surface area contributed by atoms with E-state index in [9.17, 15) is 38.6 Å². The van der Waals surface area contributed by atoms with Crippen molar-refractivity contribution in [2.75, 3.05) is 46.9 Å². The number of hydrogen-bond donors (Lipinski definition) is 0. The van der Waals surface area contributed by atoms with Gasteiger partial charge in [0, 0.05) is 102 Å². The summed E-state index contributed by atoms with van der Waals surface area (Å²) >= 11 is 17.5. The summed E-state index contributed by atoms with van der Waals surface area (Å²) in [6.45, 7) is 10.2. The second kappa shape index (κ2) is 48.3. The van der Waals surface area contributed by atoms with Gasteiger partial charge in [0.1, 0.15) is 34.8 Å². The van der Waals surface area contributed by atoms with Crippen molar-refractivity contribution in [1.29, 1.82) is 0 Å². The van der Waals surface area contributed by atoms with Gasteiger partial charge in [0.25, 0.3) is 0 Å². The van der Waals surface area contributed by atoms with Crippen LogP contribution in [0.3, 0.4) is 0 Å². The van der Waals surface area contributed by atoms with E-state index < -0.39 is 48.5 Å². The number of hydrogen-bond acceptors (Lipinski definition) is 7. The minimum absolute atomic E-state index is 0.0499. The summed E-state index contributed by atoms with van der Waals surface area (Å²) < 4.78 is 144. The minimum atomic E-state index is -2.70. The van der Waals surface area contributed by atoms with E-state index in [1.165, 1.54) is 83.1 Å². The van der Waals surface area contributed by atoms with E-state index >= 15 is 0 Å². The van der Waals surface area contributed by atoms with Crippen LogP contribution in [0.25, 0.3) is 0 Å². The molecule has 0 bridgehead atoms. The first-order valence-corrected chi connectivity index (χ1v) is 54.6. The molecule has 10 aromatic carbocycles. The molecule has 0 aliphatic carbocycles. The van der Waals surface area contributed by atoms with E-state index in [-0.39, 0.29) is 41.4 Å². The van der Waals surface area contributed by atoms with Gasteiger partial charge in [-0.15, -0.1) is 0 Å². The lowest BCUT2D eigenvalue weighted by atomic mass is 9.97. The molecule has 10 unspecified atom stereocenters. The predicted octanol–water partition coefficient (Wildman–Crippen LogP) is 24.3. The highest BCUT2D eigenvalue weighted by Gasteiger charge is 2.35. The Kier molecular flexibility index (Phi) is 38.1. The molecular weight excluding hydrogens is 1790 g/mol. The lowest BCUT2D eigenvalue weighted by Gasteiger charge is -2.38. The molecule has 129 heavy (non-hydrogen) atoms. The van der Waals surface area contributed by atoms with Crippen LogP contribution >= 0.6 is 34.8 Å². The van der Waals surface area contributed by atoms with Gasteiger partial charge in [-0.25, -0.2) is 60.1 Å². The number of halogens is 7. The summed E-state index contributed by atoms with van der Waals surface area (Å²) in [6.07, 6.45) is 23.9. The fourth-order valence-electron chi connectivity index (χ4n) is 17.9. The molecule has 0 spiro atoms. The molecule has 15 rings (SSSR count). The molecule has 0 amide bonds. The lowest BCUT2D eigenvalue weighted by molar-refractivity contribution is 0.250. The average Bonchev–Trinajstić information content (AvgIpc) is 0.801. The van der Waals surface area contributed by atoms with E-state index in [1.54, 1.807) is 50.6 Å². The van der Waals surface area contributed by atoms with Gasteiger partial charge >= 0.3 is 0 Å². The van der Waals surface area contributed by atoms with E-state index in [2.05, 4.69) is 107 Å². The fourth-order valence-corrected chi connectivity index (χ4v) is 28.1. The molecule has 5 aliphatic rings. The number of benzene rings is 10. The SMILES string of the molecule is C=S(=O)(c1ccc(C)cc1)N1CCCCC1CCc1ccc(C)cc1.C=S(=O)(c1ccc(F)cc1)N1CCCCC1CCc1ccc(Cl)cc1F.C=S(=O)(c1ccc(OC)cc1)N1CCCCC1CCc1ccc(C)cc1.C=S(=O)(c1ccc(OC)cc1)N1CCCCC1CCc1ccc(Cl)cc1F.C=S(=O)(c1ccccc1)N1CCCCC1CCc1ccc(Cl)cc1F. The molecule has 5 heterocycles. The van der Waals surface area contributed by atoms with Crippen molar-refractivity contribution in [3.8, 4) is 11.5 Å².